The lowest BCUT2D eigenvalue weighted by Gasteiger charge is -2.37. The third kappa shape index (κ3) is 4.49. The van der Waals surface area contributed by atoms with Crippen molar-refractivity contribution in [2.45, 2.75) is 19.9 Å². The monoisotopic (exact) mass is 428 g/mol. The van der Waals surface area contributed by atoms with Crippen LogP contribution in [0.15, 0.2) is 78.9 Å². The highest BCUT2D eigenvalue weighted by molar-refractivity contribution is 6.23. The Morgan fingerprint density at radius 1 is 0.812 bits per heavy atom. The average Bonchev–Trinajstić information content (AvgIpc) is 2.83. The number of nitrogens with zero attached hydrogens (tertiary/aromatic N) is 2. The zero-order valence-corrected chi connectivity index (χ0v) is 18.5. The Morgan fingerprint density at radius 2 is 1.38 bits per heavy atom. The molecule has 1 aliphatic heterocycles. The molecule has 0 spiro atoms. The summed E-state index contributed by atoms with van der Waals surface area (Å²) in [5.41, 5.74) is 3.78. The Balaban J connectivity index is 1.84. The van der Waals surface area contributed by atoms with Gasteiger partial charge in [-0.1, -0.05) is 66.7 Å². The zero-order valence-electron chi connectivity index (χ0n) is 18.5. The predicted molar refractivity (Wildman–Crippen MR) is 126 cm³/mol. The van der Waals surface area contributed by atoms with E-state index in [1.165, 1.54) is 4.90 Å². The van der Waals surface area contributed by atoms with Crippen molar-refractivity contribution in [1.82, 2.24) is 4.90 Å². The number of morpholine rings is 1. The molecule has 1 aliphatic rings. The number of aryl methyl sites for hydroxylation is 2. The molecule has 32 heavy (non-hydrogen) atoms. The highest BCUT2D eigenvalue weighted by atomic mass is 16.5. The number of carbonyl (C=O) groups excluding carboxylic acids is 2. The third-order valence-corrected chi connectivity index (χ3v) is 5.87. The number of rotatable bonds is 5. The molecule has 0 saturated carbocycles. The fraction of sp³-hybridized carbons (Fsp3) is 0.259. The molecule has 1 saturated heterocycles. The Bertz CT molecular complexity index is 1060. The molecule has 3 aromatic rings. The number of carbonyl (C=O) groups is 2. The van der Waals surface area contributed by atoms with Crippen LogP contribution in [0.5, 0.6) is 0 Å². The molecule has 1 heterocycles. The molecule has 0 aliphatic carbocycles. The Hall–Kier alpha value is -3.28. The van der Waals surface area contributed by atoms with E-state index in [4.69, 9.17) is 4.74 Å². The number of para-hydroxylation sites is 1. The molecule has 164 valence electrons. The Morgan fingerprint density at radius 3 is 1.97 bits per heavy atom. The Kier molecular flexibility index (Phi) is 6.78. The summed E-state index contributed by atoms with van der Waals surface area (Å²) in [6.07, 6.45) is 0. The first kappa shape index (κ1) is 21.9. The van der Waals surface area contributed by atoms with Gasteiger partial charge in [-0.3, -0.25) is 14.5 Å². The second-order valence-electron chi connectivity index (χ2n) is 8.05. The number of imide groups is 1. The fourth-order valence-corrected chi connectivity index (χ4v) is 4.28. The van der Waals surface area contributed by atoms with Gasteiger partial charge in [0.1, 0.15) is 6.04 Å². The van der Waals surface area contributed by atoms with Crippen molar-refractivity contribution in [3.63, 3.8) is 0 Å². The van der Waals surface area contributed by atoms with Crippen LogP contribution in [-0.2, 0) is 9.53 Å². The predicted octanol–water partition coefficient (Wildman–Crippen LogP) is 4.55. The molecule has 4 rings (SSSR count). The summed E-state index contributed by atoms with van der Waals surface area (Å²) < 4.78 is 5.53. The molecule has 5 heteroatoms. The lowest BCUT2D eigenvalue weighted by atomic mass is 10.00. The van der Waals surface area contributed by atoms with Crippen LogP contribution in [0.2, 0.25) is 0 Å². The third-order valence-electron chi connectivity index (χ3n) is 5.87. The summed E-state index contributed by atoms with van der Waals surface area (Å²) in [7, 11) is 0. The van der Waals surface area contributed by atoms with E-state index in [9.17, 15) is 9.59 Å². The summed E-state index contributed by atoms with van der Waals surface area (Å²) in [5, 5.41) is 0. The van der Waals surface area contributed by atoms with Crippen LogP contribution in [-0.4, -0.2) is 43.0 Å². The van der Waals surface area contributed by atoms with E-state index < -0.39 is 6.04 Å². The maximum atomic E-state index is 14.3. The summed E-state index contributed by atoms with van der Waals surface area (Å²) in [6.45, 7) is 6.26. The molecule has 0 aromatic heterocycles. The van der Waals surface area contributed by atoms with E-state index in [-0.39, 0.29) is 11.8 Å². The van der Waals surface area contributed by atoms with Crippen LogP contribution in [0.4, 0.5) is 5.69 Å². The van der Waals surface area contributed by atoms with Crippen molar-refractivity contribution < 1.29 is 14.3 Å². The molecule has 0 N–H and O–H groups in total. The van der Waals surface area contributed by atoms with Gasteiger partial charge >= 0.3 is 0 Å². The minimum absolute atomic E-state index is 0.246. The van der Waals surface area contributed by atoms with Crippen molar-refractivity contribution in [2.75, 3.05) is 31.2 Å². The second-order valence-corrected chi connectivity index (χ2v) is 8.05. The van der Waals surface area contributed by atoms with Gasteiger partial charge in [0.05, 0.1) is 18.9 Å². The molecular formula is C27H28N2O3. The molecule has 3 aromatic carbocycles. The van der Waals surface area contributed by atoms with Crippen molar-refractivity contribution in [1.29, 1.82) is 0 Å². The van der Waals surface area contributed by atoms with Crippen molar-refractivity contribution in [2.24, 2.45) is 0 Å². The Labute approximate surface area is 189 Å². The molecule has 1 atom stereocenters. The number of hydrogen-bond acceptors (Lipinski definition) is 4. The smallest absolute Gasteiger partial charge is 0.265 e. The molecule has 0 bridgehead atoms. The van der Waals surface area contributed by atoms with E-state index in [1.807, 2.05) is 80.6 Å². The first-order chi connectivity index (χ1) is 15.6. The number of hydrogen-bond donors (Lipinski definition) is 0. The van der Waals surface area contributed by atoms with E-state index >= 15 is 0 Å². The SMILES string of the molecule is Cc1cccc(C)c1N(C(=O)c1ccccc1)C(=O)[C@@H](c1ccccc1)N1CCOCC1. The maximum Gasteiger partial charge on any atom is 0.265 e. The second kappa shape index (κ2) is 9.90. The quantitative estimate of drug-likeness (QED) is 0.598. The van der Waals surface area contributed by atoms with Crippen LogP contribution in [0, 0.1) is 13.8 Å². The minimum atomic E-state index is -0.577. The van der Waals surface area contributed by atoms with Gasteiger partial charge in [0, 0.05) is 18.7 Å². The van der Waals surface area contributed by atoms with E-state index in [1.54, 1.807) is 12.1 Å². The molecular weight excluding hydrogens is 400 g/mol. The largest absolute Gasteiger partial charge is 0.379 e. The first-order valence-corrected chi connectivity index (χ1v) is 10.9. The summed E-state index contributed by atoms with van der Waals surface area (Å²) >= 11 is 0. The van der Waals surface area contributed by atoms with Crippen LogP contribution >= 0.6 is 0 Å². The van der Waals surface area contributed by atoms with Gasteiger partial charge in [-0.05, 0) is 42.7 Å². The number of amides is 2. The molecule has 5 nitrogen and oxygen atoms in total. The summed E-state index contributed by atoms with van der Waals surface area (Å²) in [6, 6.07) is 23.9. The average molecular weight is 429 g/mol. The molecule has 2 amide bonds. The van der Waals surface area contributed by atoms with Gasteiger partial charge in [-0.25, -0.2) is 4.90 Å². The topological polar surface area (TPSA) is 49.9 Å². The number of anilines is 1. The van der Waals surface area contributed by atoms with Crippen LogP contribution in [0.3, 0.4) is 0 Å². The minimum Gasteiger partial charge on any atom is -0.379 e. The van der Waals surface area contributed by atoms with Gasteiger partial charge in [0.15, 0.2) is 0 Å². The number of ether oxygens (including phenoxy) is 1. The van der Waals surface area contributed by atoms with Gasteiger partial charge in [-0.15, -0.1) is 0 Å². The van der Waals surface area contributed by atoms with E-state index in [0.717, 1.165) is 16.7 Å². The van der Waals surface area contributed by atoms with E-state index in [0.29, 0.717) is 37.6 Å². The lowest BCUT2D eigenvalue weighted by molar-refractivity contribution is -0.125. The van der Waals surface area contributed by atoms with Gasteiger partial charge in [0.25, 0.3) is 11.8 Å². The lowest BCUT2D eigenvalue weighted by Crippen LogP contribution is -2.49. The molecule has 0 unspecified atom stereocenters. The zero-order chi connectivity index (χ0) is 22.5. The maximum absolute atomic E-state index is 14.3. The van der Waals surface area contributed by atoms with Gasteiger partial charge in [0.2, 0.25) is 0 Å². The van der Waals surface area contributed by atoms with Gasteiger partial charge in [-0.2, -0.15) is 0 Å². The fourth-order valence-electron chi connectivity index (χ4n) is 4.28. The molecule has 1 fully saturated rings. The van der Waals surface area contributed by atoms with Crippen molar-refractivity contribution >= 4 is 17.5 Å². The van der Waals surface area contributed by atoms with Gasteiger partial charge < -0.3 is 4.74 Å². The van der Waals surface area contributed by atoms with Crippen LogP contribution in [0.1, 0.15) is 33.1 Å². The molecule has 0 radical (unpaired) electrons. The standard InChI is InChI=1S/C27H28N2O3/c1-20-10-9-11-21(2)24(20)29(26(30)23-14-7-4-8-15-23)27(31)25(22-12-5-3-6-13-22)28-16-18-32-19-17-28/h3-15,25H,16-19H2,1-2H3/t25-/m1/s1. The van der Waals surface area contributed by atoms with Crippen LogP contribution in [0.25, 0.3) is 0 Å². The van der Waals surface area contributed by atoms with Crippen molar-refractivity contribution in [3.05, 3.63) is 101 Å². The first-order valence-electron chi connectivity index (χ1n) is 10.9. The summed E-state index contributed by atoms with van der Waals surface area (Å²) in [5.74, 6) is -0.563. The summed E-state index contributed by atoms with van der Waals surface area (Å²) in [4.78, 5) is 31.6. The number of benzene rings is 3. The highest BCUT2D eigenvalue weighted by Crippen LogP contribution is 2.32. The van der Waals surface area contributed by atoms with Crippen molar-refractivity contribution in [3.8, 4) is 0 Å². The highest BCUT2D eigenvalue weighted by Gasteiger charge is 2.37. The van der Waals surface area contributed by atoms with Crippen LogP contribution < -0.4 is 4.90 Å². The normalized spacial score (nSPS) is 15.2. The van der Waals surface area contributed by atoms with E-state index in [2.05, 4.69) is 4.90 Å².